The lowest BCUT2D eigenvalue weighted by Crippen LogP contribution is -2.73. The lowest BCUT2D eigenvalue weighted by atomic mass is 9.83. The number of halogens is 3. The number of alkyl halides is 3. The summed E-state index contributed by atoms with van der Waals surface area (Å²) >= 11 is 0. The zero-order valence-corrected chi connectivity index (χ0v) is 28.4. The van der Waals surface area contributed by atoms with Crippen molar-refractivity contribution in [3.8, 4) is 0 Å². The van der Waals surface area contributed by atoms with Gasteiger partial charge in [-0.2, -0.15) is 13.2 Å². The van der Waals surface area contributed by atoms with Gasteiger partial charge in [0.1, 0.15) is 24.7 Å². The molecule has 2 aromatic carbocycles. The van der Waals surface area contributed by atoms with Crippen molar-refractivity contribution < 1.29 is 56.6 Å². The van der Waals surface area contributed by atoms with Gasteiger partial charge in [-0.15, -0.1) is 0 Å². The quantitative estimate of drug-likeness (QED) is 0.164. The van der Waals surface area contributed by atoms with Crippen LogP contribution in [0.2, 0.25) is 0 Å². The SMILES string of the molecule is CC(C)C1(C(F)(F)F)NC(=O)[C@@H](Cc2ccccc2)NC(=O)[C@H](CC(=O)O)NC(=O)CNC(=O)[C@H](CCCNC(=O)OCc2ccccc2)NC1=O. The van der Waals surface area contributed by atoms with Crippen molar-refractivity contribution in [3.05, 3.63) is 71.8 Å². The van der Waals surface area contributed by atoms with Gasteiger partial charge in [0.25, 0.3) is 5.91 Å². The number of carboxylic acid groups (broad SMARTS) is 1. The van der Waals surface area contributed by atoms with E-state index >= 15 is 13.2 Å². The third-order valence-electron chi connectivity index (χ3n) is 8.13. The number of nitrogens with one attached hydrogen (secondary N) is 6. The summed E-state index contributed by atoms with van der Waals surface area (Å²) in [5.41, 5.74) is -2.54. The Morgan fingerprint density at radius 1 is 0.865 bits per heavy atom. The van der Waals surface area contributed by atoms with Gasteiger partial charge in [-0.25, -0.2) is 4.79 Å². The predicted molar refractivity (Wildman–Crippen MR) is 177 cm³/mol. The number of carboxylic acids is 1. The van der Waals surface area contributed by atoms with E-state index in [9.17, 15) is 38.7 Å². The second kappa shape index (κ2) is 18.5. The molecule has 52 heavy (non-hydrogen) atoms. The van der Waals surface area contributed by atoms with E-state index in [1.807, 2.05) is 0 Å². The average molecular weight is 735 g/mol. The molecule has 15 nitrogen and oxygen atoms in total. The van der Waals surface area contributed by atoms with Crippen LogP contribution in [0.15, 0.2) is 60.7 Å². The summed E-state index contributed by atoms with van der Waals surface area (Å²) in [6, 6.07) is 11.3. The molecule has 0 aliphatic carbocycles. The van der Waals surface area contributed by atoms with E-state index in [1.54, 1.807) is 53.8 Å². The Hall–Kier alpha value is -5.68. The molecule has 6 amide bonds. The summed E-state index contributed by atoms with van der Waals surface area (Å²) in [5.74, 6) is -9.83. The highest BCUT2D eigenvalue weighted by atomic mass is 19.4. The summed E-state index contributed by atoms with van der Waals surface area (Å²) in [6.07, 6.45) is -8.06. The number of hydrogen-bond donors (Lipinski definition) is 7. The van der Waals surface area contributed by atoms with Gasteiger partial charge in [0.05, 0.1) is 13.0 Å². The molecule has 7 N–H and O–H groups in total. The van der Waals surface area contributed by atoms with E-state index in [2.05, 4.69) is 26.6 Å². The number of hydrogen-bond acceptors (Lipinski definition) is 8. The minimum Gasteiger partial charge on any atom is -0.481 e. The Morgan fingerprint density at radius 3 is 2.06 bits per heavy atom. The molecule has 4 atom stereocenters. The zero-order valence-electron chi connectivity index (χ0n) is 28.4. The average Bonchev–Trinajstić information content (AvgIpc) is 3.08. The molecule has 282 valence electrons. The van der Waals surface area contributed by atoms with Gasteiger partial charge >= 0.3 is 18.2 Å². The highest BCUT2D eigenvalue weighted by Crippen LogP contribution is 2.37. The Balaban J connectivity index is 1.93. The molecule has 1 heterocycles. The van der Waals surface area contributed by atoms with Crippen molar-refractivity contribution in [1.82, 2.24) is 31.9 Å². The van der Waals surface area contributed by atoms with Crippen LogP contribution in [0, 0.1) is 5.92 Å². The third-order valence-corrected chi connectivity index (χ3v) is 8.13. The molecule has 0 saturated carbocycles. The van der Waals surface area contributed by atoms with Gasteiger partial charge in [-0.1, -0.05) is 74.5 Å². The van der Waals surface area contributed by atoms with Crippen molar-refractivity contribution in [2.24, 2.45) is 5.92 Å². The molecule has 18 heteroatoms. The smallest absolute Gasteiger partial charge is 0.420 e. The Kier molecular flexibility index (Phi) is 14.5. The van der Waals surface area contributed by atoms with Crippen molar-refractivity contribution in [2.45, 2.75) is 76.0 Å². The van der Waals surface area contributed by atoms with Crippen molar-refractivity contribution >= 4 is 41.6 Å². The van der Waals surface area contributed by atoms with Crippen LogP contribution in [-0.2, 0) is 46.5 Å². The van der Waals surface area contributed by atoms with Gasteiger partial charge in [-0.05, 0) is 29.9 Å². The molecule has 1 fully saturated rings. The van der Waals surface area contributed by atoms with Crippen LogP contribution in [0.5, 0.6) is 0 Å². The highest BCUT2D eigenvalue weighted by Gasteiger charge is 2.64. The van der Waals surface area contributed by atoms with Gasteiger partial charge in [-0.3, -0.25) is 28.8 Å². The second-order valence-corrected chi connectivity index (χ2v) is 12.3. The largest absolute Gasteiger partial charge is 0.481 e. The summed E-state index contributed by atoms with van der Waals surface area (Å²) in [4.78, 5) is 90.5. The first kappa shape index (κ1) is 40.7. The van der Waals surface area contributed by atoms with Crippen molar-refractivity contribution in [1.29, 1.82) is 0 Å². The first-order chi connectivity index (χ1) is 24.5. The molecular weight excluding hydrogens is 693 g/mol. The van der Waals surface area contributed by atoms with Crippen LogP contribution in [0.25, 0.3) is 0 Å². The number of rotatable bonds is 11. The monoisotopic (exact) mass is 734 g/mol. The van der Waals surface area contributed by atoms with Gasteiger partial charge < -0.3 is 41.7 Å². The second-order valence-electron chi connectivity index (χ2n) is 12.3. The van der Waals surface area contributed by atoms with Crippen molar-refractivity contribution in [2.75, 3.05) is 13.1 Å². The summed E-state index contributed by atoms with van der Waals surface area (Å²) < 4.78 is 50.3. The minimum atomic E-state index is -5.45. The fourth-order valence-corrected chi connectivity index (χ4v) is 5.33. The maximum Gasteiger partial charge on any atom is 0.420 e. The van der Waals surface area contributed by atoms with Gasteiger partial charge in [0.2, 0.25) is 29.2 Å². The van der Waals surface area contributed by atoms with Crippen LogP contribution < -0.4 is 31.9 Å². The van der Waals surface area contributed by atoms with Crippen LogP contribution in [0.1, 0.15) is 44.2 Å². The maximum absolute atomic E-state index is 15.1. The molecule has 1 saturated heterocycles. The molecule has 1 aliphatic heterocycles. The molecular formula is C34H41F3N6O9. The number of alkyl carbamates (subject to hydrolysis) is 1. The van der Waals surface area contributed by atoms with Crippen LogP contribution in [0.3, 0.4) is 0 Å². The number of amides is 6. The summed E-state index contributed by atoms with van der Waals surface area (Å²) in [6.45, 7) is 1.01. The van der Waals surface area contributed by atoms with E-state index in [1.165, 1.54) is 12.1 Å². The Bertz CT molecular complexity index is 1590. The zero-order chi connectivity index (χ0) is 38.5. The molecule has 0 spiro atoms. The lowest BCUT2D eigenvalue weighted by molar-refractivity contribution is -0.212. The highest BCUT2D eigenvalue weighted by molar-refractivity contribution is 6.00. The maximum atomic E-state index is 15.1. The summed E-state index contributed by atoms with van der Waals surface area (Å²) in [7, 11) is 0. The van der Waals surface area contributed by atoms with E-state index in [4.69, 9.17) is 4.74 Å². The number of carbonyl (C=O) groups excluding carboxylic acids is 6. The predicted octanol–water partition coefficient (Wildman–Crippen LogP) is 1.07. The van der Waals surface area contributed by atoms with E-state index < -0.39 is 90.3 Å². The fourth-order valence-electron chi connectivity index (χ4n) is 5.33. The third kappa shape index (κ3) is 11.4. The molecule has 3 rings (SSSR count). The molecule has 1 unspecified atom stereocenters. The number of benzene rings is 2. The summed E-state index contributed by atoms with van der Waals surface area (Å²) in [5, 5.41) is 22.2. The first-order valence-electron chi connectivity index (χ1n) is 16.3. The van der Waals surface area contributed by atoms with Crippen LogP contribution in [0.4, 0.5) is 18.0 Å². The molecule has 1 aliphatic rings. The van der Waals surface area contributed by atoms with Gasteiger partial charge in [0, 0.05) is 13.0 Å². The molecule has 0 radical (unpaired) electrons. The van der Waals surface area contributed by atoms with Crippen LogP contribution in [-0.4, -0.2) is 89.6 Å². The standard InChI is InChI=1S/C34H41F3N6O9/c1-20(2)33(34(35,36)37)31(50)42-23(14-9-15-38-32(51)52-19-22-12-7-4-8-13-22)28(47)39-18-26(44)40-25(17-27(45)46)29(48)41-24(30(49)43-33)16-21-10-5-3-6-11-21/h3-8,10-13,20,23-25H,9,14-19H2,1-2H3,(H,38,51)(H,39,47)(H,40,44)(H,41,48)(H,42,50)(H,43,49)(H,45,46)/t23-,24+,25-,33?/m0/s1. The van der Waals surface area contributed by atoms with Crippen LogP contribution >= 0.6 is 0 Å². The molecule has 2 aromatic rings. The van der Waals surface area contributed by atoms with E-state index in [-0.39, 0.29) is 32.4 Å². The minimum absolute atomic E-state index is 0.0447. The number of aliphatic carboxylic acids is 1. The lowest BCUT2D eigenvalue weighted by Gasteiger charge is -2.40. The van der Waals surface area contributed by atoms with Gasteiger partial charge in [0.15, 0.2) is 0 Å². The number of carbonyl (C=O) groups is 7. The fraction of sp³-hybridized carbons (Fsp3) is 0.441. The van der Waals surface area contributed by atoms with E-state index in [0.717, 1.165) is 13.8 Å². The Morgan fingerprint density at radius 2 is 1.48 bits per heavy atom. The first-order valence-corrected chi connectivity index (χ1v) is 16.3. The normalized spacial score (nSPS) is 22.0. The molecule has 0 bridgehead atoms. The topological polar surface area (TPSA) is 221 Å². The Labute approximate surface area is 296 Å². The number of ether oxygens (including phenoxy) is 1. The van der Waals surface area contributed by atoms with E-state index in [0.29, 0.717) is 11.1 Å². The molecule has 0 aromatic heterocycles. The van der Waals surface area contributed by atoms with Crippen molar-refractivity contribution in [3.63, 3.8) is 0 Å².